The third-order valence-electron chi connectivity index (χ3n) is 6.15. The zero-order chi connectivity index (χ0) is 23.2. The molecule has 1 saturated carbocycles. The summed E-state index contributed by atoms with van der Waals surface area (Å²) in [4.78, 5) is 30.0. The maximum Gasteiger partial charge on any atom is 0.248 e. The first-order valence-corrected chi connectivity index (χ1v) is 12.4. The van der Waals surface area contributed by atoms with E-state index in [2.05, 4.69) is 5.32 Å². The van der Waals surface area contributed by atoms with Gasteiger partial charge in [0.1, 0.15) is 11.8 Å². The average Bonchev–Trinajstić information content (AvgIpc) is 3.32. The van der Waals surface area contributed by atoms with Gasteiger partial charge < -0.3 is 10.4 Å². The van der Waals surface area contributed by atoms with Gasteiger partial charge in [-0.2, -0.15) is 0 Å². The molecule has 6 heteroatoms. The van der Waals surface area contributed by atoms with Crippen LogP contribution in [0, 0.1) is 6.92 Å². The molecular formula is C27H30N2O3S. The van der Waals surface area contributed by atoms with Crippen molar-refractivity contribution in [3.8, 4) is 5.75 Å². The smallest absolute Gasteiger partial charge is 0.248 e. The monoisotopic (exact) mass is 462 g/mol. The van der Waals surface area contributed by atoms with Crippen molar-refractivity contribution in [2.24, 2.45) is 0 Å². The van der Waals surface area contributed by atoms with Crippen molar-refractivity contribution in [3.63, 3.8) is 0 Å². The quantitative estimate of drug-likeness (QED) is 0.485. The van der Waals surface area contributed by atoms with E-state index in [1.54, 1.807) is 29.2 Å². The molecule has 1 atom stereocenters. The molecule has 2 amide bonds. The summed E-state index contributed by atoms with van der Waals surface area (Å²) in [6.07, 6.45) is 5.55. The van der Waals surface area contributed by atoms with Crippen molar-refractivity contribution in [1.82, 2.24) is 5.32 Å². The van der Waals surface area contributed by atoms with E-state index in [-0.39, 0.29) is 30.0 Å². The Morgan fingerprint density at radius 3 is 2.36 bits per heavy atom. The summed E-state index contributed by atoms with van der Waals surface area (Å²) in [6, 6.07) is 17.4. The van der Waals surface area contributed by atoms with Crippen LogP contribution in [0.5, 0.6) is 5.75 Å². The van der Waals surface area contributed by atoms with Gasteiger partial charge >= 0.3 is 0 Å². The Morgan fingerprint density at radius 2 is 1.73 bits per heavy atom. The molecule has 1 heterocycles. The average molecular weight is 463 g/mol. The van der Waals surface area contributed by atoms with Gasteiger partial charge in [0.15, 0.2) is 0 Å². The Balaban J connectivity index is 1.73. The molecule has 0 bridgehead atoms. The van der Waals surface area contributed by atoms with Crippen LogP contribution >= 0.6 is 11.3 Å². The number of hydrogen-bond donors (Lipinski definition) is 2. The predicted octanol–water partition coefficient (Wildman–Crippen LogP) is 5.53. The van der Waals surface area contributed by atoms with Gasteiger partial charge in [0.25, 0.3) is 0 Å². The number of phenolic OH excluding ortho intramolecular Hbond substituents is 1. The highest BCUT2D eigenvalue weighted by atomic mass is 32.1. The van der Waals surface area contributed by atoms with Crippen LogP contribution in [0.3, 0.4) is 0 Å². The maximum absolute atomic E-state index is 13.7. The number of benzene rings is 2. The third kappa shape index (κ3) is 5.82. The minimum Gasteiger partial charge on any atom is -0.508 e. The lowest BCUT2D eigenvalue weighted by Gasteiger charge is -2.33. The second-order valence-electron chi connectivity index (χ2n) is 8.69. The van der Waals surface area contributed by atoms with E-state index in [0.29, 0.717) is 11.3 Å². The highest BCUT2D eigenvalue weighted by Crippen LogP contribution is 2.31. The van der Waals surface area contributed by atoms with Crippen molar-refractivity contribution in [2.75, 3.05) is 4.90 Å². The highest BCUT2D eigenvalue weighted by Gasteiger charge is 2.34. The summed E-state index contributed by atoms with van der Waals surface area (Å²) in [5.74, 6) is -0.206. The second kappa shape index (κ2) is 10.7. The summed E-state index contributed by atoms with van der Waals surface area (Å²) in [5, 5.41) is 15.0. The molecule has 0 aliphatic heterocycles. The Hall–Kier alpha value is -3.12. The number of thiophene rings is 1. The van der Waals surface area contributed by atoms with Crippen LogP contribution in [0.25, 0.3) is 0 Å². The molecule has 1 aromatic heterocycles. The molecular weight excluding hydrogens is 432 g/mol. The molecule has 1 aliphatic carbocycles. The minimum atomic E-state index is -0.831. The van der Waals surface area contributed by atoms with Gasteiger partial charge in [-0.05, 0) is 61.0 Å². The first-order chi connectivity index (χ1) is 16.0. The van der Waals surface area contributed by atoms with Crippen LogP contribution < -0.4 is 10.2 Å². The van der Waals surface area contributed by atoms with Crippen LogP contribution in [-0.2, 0) is 16.0 Å². The zero-order valence-electron chi connectivity index (χ0n) is 18.9. The maximum atomic E-state index is 13.7. The molecule has 0 radical (unpaired) electrons. The molecule has 4 rings (SSSR count). The number of nitrogens with one attached hydrogen (secondary N) is 1. The van der Waals surface area contributed by atoms with E-state index >= 15 is 0 Å². The minimum absolute atomic E-state index is 0.122. The number of carbonyl (C=O) groups excluding carboxylic acids is 2. The zero-order valence-corrected chi connectivity index (χ0v) is 19.7. The third-order valence-corrected chi connectivity index (χ3v) is 7.03. The van der Waals surface area contributed by atoms with Crippen LogP contribution in [0.15, 0.2) is 66.0 Å². The van der Waals surface area contributed by atoms with Crippen molar-refractivity contribution >= 4 is 28.8 Å². The van der Waals surface area contributed by atoms with E-state index in [0.717, 1.165) is 36.1 Å². The number of phenols is 1. The van der Waals surface area contributed by atoms with Gasteiger partial charge in [0, 0.05) is 16.6 Å². The fourth-order valence-corrected chi connectivity index (χ4v) is 5.09. The predicted molar refractivity (Wildman–Crippen MR) is 133 cm³/mol. The normalized spacial score (nSPS) is 15.1. The second-order valence-corrected chi connectivity index (χ2v) is 9.73. The molecule has 172 valence electrons. The van der Waals surface area contributed by atoms with Gasteiger partial charge in [0.05, 0.1) is 6.42 Å². The van der Waals surface area contributed by atoms with E-state index in [1.807, 2.05) is 48.7 Å². The molecule has 5 nitrogen and oxygen atoms in total. The lowest BCUT2D eigenvalue weighted by molar-refractivity contribution is -0.127. The van der Waals surface area contributed by atoms with Gasteiger partial charge in [-0.25, -0.2) is 0 Å². The number of rotatable bonds is 7. The van der Waals surface area contributed by atoms with Gasteiger partial charge in [-0.15, -0.1) is 11.3 Å². The van der Waals surface area contributed by atoms with Crippen LogP contribution in [0.2, 0.25) is 0 Å². The summed E-state index contributed by atoms with van der Waals surface area (Å²) in [7, 11) is 0. The Morgan fingerprint density at radius 1 is 1.03 bits per heavy atom. The van der Waals surface area contributed by atoms with Crippen molar-refractivity contribution in [3.05, 3.63) is 82.0 Å². The molecule has 0 spiro atoms. The van der Waals surface area contributed by atoms with Gasteiger partial charge in [-0.1, -0.05) is 55.2 Å². The molecule has 0 unspecified atom stereocenters. The summed E-state index contributed by atoms with van der Waals surface area (Å²) in [5.41, 5.74) is 2.43. The van der Waals surface area contributed by atoms with Gasteiger partial charge in [-0.3, -0.25) is 14.5 Å². The van der Waals surface area contributed by atoms with E-state index in [9.17, 15) is 14.7 Å². The van der Waals surface area contributed by atoms with Crippen LogP contribution in [0.1, 0.15) is 54.1 Å². The Bertz CT molecular complexity index is 1060. The SMILES string of the molecule is Cc1ccc(N(C(=O)Cc2cccs2)[C@H](C(=O)NC2CCCCC2)c2ccc(O)cc2)cc1. The summed E-state index contributed by atoms with van der Waals surface area (Å²) in [6.45, 7) is 1.99. The van der Waals surface area contributed by atoms with E-state index in [4.69, 9.17) is 0 Å². The number of aromatic hydroxyl groups is 1. The number of hydrogen-bond acceptors (Lipinski definition) is 4. The lowest BCUT2D eigenvalue weighted by Crippen LogP contribution is -2.47. The van der Waals surface area contributed by atoms with Crippen LogP contribution in [0.4, 0.5) is 5.69 Å². The fraction of sp³-hybridized carbons (Fsp3) is 0.333. The topological polar surface area (TPSA) is 69.6 Å². The first kappa shape index (κ1) is 23.1. The molecule has 2 N–H and O–H groups in total. The number of carbonyl (C=O) groups is 2. The lowest BCUT2D eigenvalue weighted by atomic mass is 9.94. The molecule has 1 fully saturated rings. The number of nitrogens with zero attached hydrogens (tertiary/aromatic N) is 1. The van der Waals surface area contributed by atoms with Crippen molar-refractivity contribution in [1.29, 1.82) is 0 Å². The number of anilines is 1. The molecule has 33 heavy (non-hydrogen) atoms. The van der Waals surface area contributed by atoms with Crippen LogP contribution in [-0.4, -0.2) is 23.0 Å². The van der Waals surface area contributed by atoms with E-state index in [1.165, 1.54) is 17.8 Å². The largest absolute Gasteiger partial charge is 0.508 e. The Kier molecular flexibility index (Phi) is 7.45. The number of aryl methyl sites for hydroxylation is 1. The number of amides is 2. The molecule has 3 aromatic rings. The van der Waals surface area contributed by atoms with Crippen molar-refractivity contribution in [2.45, 2.75) is 57.5 Å². The molecule has 0 saturated heterocycles. The summed E-state index contributed by atoms with van der Waals surface area (Å²) < 4.78 is 0. The molecule has 2 aromatic carbocycles. The fourth-order valence-electron chi connectivity index (χ4n) is 4.39. The summed E-state index contributed by atoms with van der Waals surface area (Å²) >= 11 is 1.53. The standard InChI is InChI=1S/C27H30N2O3S/c1-19-9-13-22(14-10-19)29(25(31)18-24-8-5-17-33-24)26(20-11-15-23(30)16-12-20)27(32)28-21-6-3-2-4-7-21/h5,8-17,21,26,30H,2-4,6-7,18H2,1H3,(H,28,32)/t26-/m0/s1. The molecule has 1 aliphatic rings. The first-order valence-electron chi connectivity index (χ1n) is 11.5. The van der Waals surface area contributed by atoms with E-state index < -0.39 is 6.04 Å². The van der Waals surface area contributed by atoms with Crippen molar-refractivity contribution < 1.29 is 14.7 Å². The highest BCUT2D eigenvalue weighted by molar-refractivity contribution is 7.10. The van der Waals surface area contributed by atoms with Gasteiger partial charge in [0.2, 0.25) is 11.8 Å². The Labute approximate surface area is 199 Å².